The van der Waals surface area contributed by atoms with Gasteiger partial charge < -0.3 is 5.32 Å². The molecule has 0 aliphatic rings. The molecule has 0 saturated carbocycles. The molecule has 0 aliphatic carbocycles. The zero-order chi connectivity index (χ0) is 8.10. The maximum Gasteiger partial charge on any atom is 0.0451 e. The Labute approximate surface area is 72.4 Å². The van der Waals surface area contributed by atoms with Gasteiger partial charge in [0.1, 0.15) is 0 Å². The highest BCUT2D eigenvalue weighted by Gasteiger charge is 1.97. The van der Waals surface area contributed by atoms with Crippen LogP contribution < -0.4 is 5.32 Å². The predicted octanol–water partition coefficient (Wildman–Crippen LogP) is 2.31. The summed E-state index contributed by atoms with van der Waals surface area (Å²) in [6.45, 7) is 0. The standard InChI is InChI=1S/C9H11ClN/c1-11-9-5-3-2-4-8(9)6-7-10/h2-4,11H,6-7H2,1H3. The van der Waals surface area contributed by atoms with Crippen molar-refractivity contribution in [2.75, 3.05) is 18.2 Å². The van der Waals surface area contributed by atoms with Crippen molar-refractivity contribution in [2.45, 2.75) is 6.42 Å². The van der Waals surface area contributed by atoms with Gasteiger partial charge in [0.25, 0.3) is 0 Å². The van der Waals surface area contributed by atoms with E-state index in [0.29, 0.717) is 5.88 Å². The SMILES string of the molecule is CNc1[c]cccc1CCCl. The molecule has 1 aromatic rings. The molecule has 1 rings (SSSR count). The van der Waals surface area contributed by atoms with E-state index >= 15 is 0 Å². The molecular weight excluding hydrogens is 158 g/mol. The third kappa shape index (κ3) is 2.12. The fourth-order valence-electron chi connectivity index (χ4n) is 1.01. The Kier molecular flexibility index (Phi) is 3.24. The molecule has 0 saturated heterocycles. The first-order valence-electron chi connectivity index (χ1n) is 3.61. The predicted molar refractivity (Wildman–Crippen MR) is 49.2 cm³/mol. The summed E-state index contributed by atoms with van der Waals surface area (Å²) in [5, 5.41) is 3.07. The van der Waals surface area contributed by atoms with Crippen molar-refractivity contribution in [1.29, 1.82) is 0 Å². The molecule has 1 radical (unpaired) electrons. The zero-order valence-corrected chi connectivity index (χ0v) is 7.28. The number of halogens is 1. The minimum Gasteiger partial charge on any atom is -0.387 e. The lowest BCUT2D eigenvalue weighted by molar-refractivity contribution is 1.14. The summed E-state index contributed by atoms with van der Waals surface area (Å²) in [5.41, 5.74) is 2.28. The summed E-state index contributed by atoms with van der Waals surface area (Å²) in [5.74, 6) is 0.659. The van der Waals surface area contributed by atoms with Crippen LogP contribution in [0.15, 0.2) is 18.2 Å². The number of benzene rings is 1. The number of hydrogen-bond acceptors (Lipinski definition) is 1. The van der Waals surface area contributed by atoms with E-state index in [1.54, 1.807) is 0 Å². The average Bonchev–Trinajstić information content (AvgIpc) is 2.06. The smallest absolute Gasteiger partial charge is 0.0451 e. The van der Waals surface area contributed by atoms with Crippen molar-refractivity contribution in [1.82, 2.24) is 0 Å². The van der Waals surface area contributed by atoms with Crippen LogP contribution >= 0.6 is 11.6 Å². The Hall–Kier alpha value is -0.690. The van der Waals surface area contributed by atoms with Gasteiger partial charge in [0.2, 0.25) is 0 Å². The van der Waals surface area contributed by atoms with Crippen LogP contribution in [0.5, 0.6) is 0 Å². The number of nitrogens with one attached hydrogen (secondary N) is 1. The van der Waals surface area contributed by atoms with Crippen molar-refractivity contribution < 1.29 is 0 Å². The Balaban J connectivity index is 2.83. The van der Waals surface area contributed by atoms with Gasteiger partial charge in [-0.05, 0) is 12.0 Å². The van der Waals surface area contributed by atoms with E-state index in [2.05, 4.69) is 17.4 Å². The van der Waals surface area contributed by atoms with Crippen molar-refractivity contribution in [3.8, 4) is 0 Å². The fourth-order valence-corrected chi connectivity index (χ4v) is 1.22. The third-order valence-corrected chi connectivity index (χ3v) is 1.75. The summed E-state index contributed by atoms with van der Waals surface area (Å²) >= 11 is 5.62. The molecule has 1 N–H and O–H groups in total. The highest BCUT2D eigenvalue weighted by atomic mass is 35.5. The van der Waals surface area contributed by atoms with Crippen LogP contribution in [0, 0.1) is 6.07 Å². The monoisotopic (exact) mass is 168 g/mol. The summed E-state index contributed by atoms with van der Waals surface area (Å²) < 4.78 is 0. The van der Waals surface area contributed by atoms with E-state index in [9.17, 15) is 0 Å². The topological polar surface area (TPSA) is 12.0 Å². The van der Waals surface area contributed by atoms with Gasteiger partial charge in [0, 0.05) is 24.7 Å². The third-order valence-electron chi connectivity index (χ3n) is 1.56. The lowest BCUT2D eigenvalue weighted by Crippen LogP contribution is -1.95. The van der Waals surface area contributed by atoms with Crippen LogP contribution in [-0.4, -0.2) is 12.9 Å². The second-order valence-corrected chi connectivity index (χ2v) is 2.64. The van der Waals surface area contributed by atoms with Gasteiger partial charge in [-0.1, -0.05) is 18.2 Å². The highest BCUT2D eigenvalue weighted by Crippen LogP contribution is 2.13. The number of hydrogen-bond donors (Lipinski definition) is 1. The molecule has 1 aromatic carbocycles. The Morgan fingerprint density at radius 2 is 2.45 bits per heavy atom. The van der Waals surface area contributed by atoms with E-state index in [4.69, 9.17) is 11.6 Å². The first-order chi connectivity index (χ1) is 5.38. The maximum atomic E-state index is 5.62. The number of anilines is 1. The van der Waals surface area contributed by atoms with Crippen LogP contribution in [0.4, 0.5) is 5.69 Å². The molecule has 0 amide bonds. The average molecular weight is 169 g/mol. The van der Waals surface area contributed by atoms with Crippen LogP contribution in [0.1, 0.15) is 5.56 Å². The molecule has 0 aliphatic heterocycles. The molecule has 0 fully saturated rings. The van der Waals surface area contributed by atoms with Crippen molar-refractivity contribution >= 4 is 17.3 Å². The zero-order valence-electron chi connectivity index (χ0n) is 6.52. The van der Waals surface area contributed by atoms with Crippen molar-refractivity contribution in [3.63, 3.8) is 0 Å². The first-order valence-corrected chi connectivity index (χ1v) is 4.15. The second-order valence-electron chi connectivity index (χ2n) is 2.26. The van der Waals surface area contributed by atoms with E-state index in [1.165, 1.54) is 5.56 Å². The molecule has 0 aromatic heterocycles. The van der Waals surface area contributed by atoms with Crippen LogP contribution in [0.3, 0.4) is 0 Å². The minimum atomic E-state index is 0.659. The van der Waals surface area contributed by atoms with Crippen molar-refractivity contribution in [2.24, 2.45) is 0 Å². The van der Waals surface area contributed by atoms with E-state index < -0.39 is 0 Å². The number of rotatable bonds is 3. The van der Waals surface area contributed by atoms with Gasteiger partial charge in [-0.15, -0.1) is 11.6 Å². The van der Waals surface area contributed by atoms with E-state index in [0.717, 1.165) is 12.1 Å². The van der Waals surface area contributed by atoms with E-state index in [-0.39, 0.29) is 0 Å². The maximum absolute atomic E-state index is 5.62. The van der Waals surface area contributed by atoms with Crippen LogP contribution in [0.25, 0.3) is 0 Å². The highest BCUT2D eigenvalue weighted by molar-refractivity contribution is 6.18. The van der Waals surface area contributed by atoms with Gasteiger partial charge in [0.15, 0.2) is 0 Å². The summed E-state index contributed by atoms with van der Waals surface area (Å²) in [7, 11) is 1.89. The van der Waals surface area contributed by atoms with Gasteiger partial charge >= 0.3 is 0 Å². The molecule has 59 valence electrons. The van der Waals surface area contributed by atoms with Crippen LogP contribution in [-0.2, 0) is 6.42 Å². The van der Waals surface area contributed by atoms with Crippen LogP contribution in [0.2, 0.25) is 0 Å². The number of alkyl halides is 1. The van der Waals surface area contributed by atoms with Gasteiger partial charge in [-0.25, -0.2) is 0 Å². The summed E-state index contributed by atoms with van der Waals surface area (Å²) in [6.07, 6.45) is 0.898. The fraction of sp³-hybridized carbons (Fsp3) is 0.333. The van der Waals surface area contributed by atoms with Gasteiger partial charge in [-0.2, -0.15) is 0 Å². The van der Waals surface area contributed by atoms with Crippen molar-refractivity contribution in [3.05, 3.63) is 29.8 Å². The Morgan fingerprint density at radius 1 is 1.64 bits per heavy atom. The van der Waals surface area contributed by atoms with E-state index in [1.807, 2.05) is 19.2 Å². The Morgan fingerprint density at radius 3 is 3.09 bits per heavy atom. The molecule has 0 bridgehead atoms. The molecule has 1 nitrogen and oxygen atoms in total. The largest absolute Gasteiger partial charge is 0.387 e. The molecule has 0 atom stereocenters. The quantitative estimate of drug-likeness (QED) is 0.684. The molecular formula is C9H11ClN. The number of para-hydroxylation sites is 1. The molecule has 0 unspecified atom stereocenters. The summed E-state index contributed by atoms with van der Waals surface area (Å²) in [4.78, 5) is 0. The number of aryl methyl sites for hydroxylation is 1. The first kappa shape index (κ1) is 8.41. The Bertz CT molecular complexity index is 223. The van der Waals surface area contributed by atoms with Gasteiger partial charge in [0.05, 0.1) is 0 Å². The second kappa shape index (κ2) is 4.24. The lowest BCUT2D eigenvalue weighted by atomic mass is 10.1. The molecule has 0 spiro atoms. The minimum absolute atomic E-state index is 0.659. The normalized spacial score (nSPS) is 9.64. The van der Waals surface area contributed by atoms with Gasteiger partial charge in [-0.3, -0.25) is 0 Å². The molecule has 11 heavy (non-hydrogen) atoms. The summed E-state index contributed by atoms with van der Waals surface area (Å²) in [6, 6.07) is 9.03. The molecule has 2 heteroatoms. The molecule has 0 heterocycles. The lowest BCUT2D eigenvalue weighted by Gasteiger charge is -2.05.